The predicted molar refractivity (Wildman–Crippen MR) is 122 cm³/mol. The second-order valence-electron chi connectivity index (χ2n) is 8.47. The Balaban J connectivity index is 1.71. The lowest BCUT2D eigenvalue weighted by molar-refractivity contribution is 0.111. The highest BCUT2D eigenvalue weighted by molar-refractivity contribution is 7.08. The number of azo groups is 1. The van der Waals surface area contributed by atoms with Crippen molar-refractivity contribution in [3.05, 3.63) is 45.8 Å². The molecule has 8 nitrogen and oxygen atoms in total. The normalized spacial score (nSPS) is 17.0. The third kappa shape index (κ3) is 3.22. The fraction of sp³-hybridized carbons (Fsp3) is 0.286. The number of benzene rings is 1. The molecule has 31 heavy (non-hydrogen) atoms. The molecule has 1 aromatic carbocycles. The van der Waals surface area contributed by atoms with Crippen molar-refractivity contribution in [3.63, 3.8) is 0 Å². The van der Waals surface area contributed by atoms with Crippen LogP contribution in [0.5, 0.6) is 11.5 Å². The van der Waals surface area contributed by atoms with Gasteiger partial charge in [0.2, 0.25) is 0 Å². The highest BCUT2D eigenvalue weighted by atomic mass is 32.1. The maximum Gasteiger partial charge on any atom is 0.182 e. The van der Waals surface area contributed by atoms with E-state index in [9.17, 15) is 4.79 Å². The Labute approximate surface area is 184 Å². The third-order valence-corrected chi connectivity index (χ3v) is 7.79. The average molecular weight is 452 g/mol. The van der Waals surface area contributed by atoms with Gasteiger partial charge in [0.15, 0.2) is 12.1 Å². The summed E-state index contributed by atoms with van der Waals surface area (Å²) in [6.45, 7) is 6.91. The van der Waals surface area contributed by atoms with Crippen LogP contribution in [0.4, 0.5) is 0 Å². The molecule has 2 aromatic heterocycles. The van der Waals surface area contributed by atoms with E-state index in [0.717, 1.165) is 34.4 Å². The maximum absolute atomic E-state index is 11.7. The molecule has 5 rings (SSSR count). The Bertz CT molecular complexity index is 1240. The van der Waals surface area contributed by atoms with Crippen LogP contribution in [0.3, 0.4) is 0 Å². The number of aromatic nitrogens is 2. The molecule has 0 N–H and O–H groups in total. The summed E-state index contributed by atoms with van der Waals surface area (Å²) in [4.78, 5) is 16.5. The zero-order valence-corrected chi connectivity index (χ0v) is 19.4. The van der Waals surface area contributed by atoms with Gasteiger partial charge < -0.3 is 9.47 Å². The molecule has 4 heterocycles. The Morgan fingerprint density at radius 2 is 2.13 bits per heavy atom. The van der Waals surface area contributed by atoms with Crippen molar-refractivity contribution in [1.82, 2.24) is 9.78 Å². The number of fused-ring (bicyclic) bond motifs is 3. The second-order valence-corrected chi connectivity index (χ2v) is 14.5. The number of carbonyl (C=O) groups excluding carboxylic acids is 1. The number of nitrogens with zero attached hydrogens (tertiary/aromatic N) is 5. The number of hydrogen-bond donors (Lipinski definition) is 0. The van der Waals surface area contributed by atoms with Crippen LogP contribution in [0.1, 0.15) is 21.6 Å². The quantitative estimate of drug-likeness (QED) is 0.414. The number of aliphatic imine (C=N–C) groups is 1. The molecule has 2 aliphatic rings. The highest BCUT2D eigenvalue weighted by Gasteiger charge is 2.33. The molecule has 0 amide bonds. The van der Waals surface area contributed by atoms with Crippen molar-refractivity contribution in [2.45, 2.75) is 32.0 Å². The molecule has 0 saturated heterocycles. The molecule has 0 radical (unpaired) electrons. The summed E-state index contributed by atoms with van der Waals surface area (Å²) in [5.41, 5.74) is 4.44. The molecule has 3 aromatic rings. The fourth-order valence-corrected chi connectivity index (χ4v) is 5.20. The number of hydrogen-bond acceptors (Lipinski definition) is 8. The fourth-order valence-electron chi connectivity index (χ4n) is 3.67. The van der Waals surface area contributed by atoms with E-state index in [0.29, 0.717) is 23.0 Å². The number of rotatable bonds is 5. The van der Waals surface area contributed by atoms with Gasteiger partial charge in [-0.1, -0.05) is 19.6 Å². The molecule has 2 aliphatic heterocycles. The van der Waals surface area contributed by atoms with E-state index in [2.05, 4.69) is 35.0 Å². The van der Waals surface area contributed by atoms with E-state index in [4.69, 9.17) is 14.5 Å². The summed E-state index contributed by atoms with van der Waals surface area (Å²) >= 11 is 1.57. The van der Waals surface area contributed by atoms with Crippen molar-refractivity contribution < 1.29 is 14.3 Å². The van der Waals surface area contributed by atoms with E-state index in [1.54, 1.807) is 23.1 Å². The summed E-state index contributed by atoms with van der Waals surface area (Å²) in [6, 6.07) is 5.77. The number of carbonyl (C=O) groups is 1. The van der Waals surface area contributed by atoms with Crippen LogP contribution in [0.25, 0.3) is 16.9 Å². The highest BCUT2D eigenvalue weighted by Crippen LogP contribution is 2.44. The van der Waals surface area contributed by atoms with Gasteiger partial charge in [0.05, 0.1) is 24.1 Å². The Kier molecular flexibility index (Phi) is 4.63. The van der Waals surface area contributed by atoms with Gasteiger partial charge in [0.25, 0.3) is 0 Å². The summed E-state index contributed by atoms with van der Waals surface area (Å²) in [5.74, 6) is 1.72. The largest absolute Gasteiger partial charge is 0.496 e. The van der Waals surface area contributed by atoms with E-state index in [1.165, 1.54) is 0 Å². The number of methoxy groups -OCH3 is 1. The van der Waals surface area contributed by atoms with Crippen LogP contribution in [0, 0.1) is 0 Å². The van der Waals surface area contributed by atoms with Crippen LogP contribution in [0.15, 0.2) is 44.2 Å². The van der Waals surface area contributed by atoms with Gasteiger partial charge in [-0.15, -0.1) is 5.11 Å². The Morgan fingerprint density at radius 3 is 2.77 bits per heavy atom. The van der Waals surface area contributed by atoms with Gasteiger partial charge in [0, 0.05) is 22.6 Å². The van der Waals surface area contributed by atoms with Crippen LogP contribution < -0.4 is 9.47 Å². The minimum absolute atomic E-state index is 0.118. The SMILES string of the molecule is COc1cc2c(cc1C1=NC([Si](C)(C)C)N=N1)-c1c(c(C=O)nn1-c1ccsc1)CO2. The zero-order chi connectivity index (χ0) is 21.8. The standard InChI is InChI=1S/C21H21N5O3SSi/c1-28-17-8-18-13(7-14(17)20-22-21(24-23-20)31(2,3)4)19-15(10-29-18)16(9-27)25-26(19)12-5-6-30-11-12/h5-9,11,21H,10H2,1-4H3. The molecular weight excluding hydrogens is 430 g/mol. The van der Waals surface area contributed by atoms with Gasteiger partial charge in [-0.3, -0.25) is 4.79 Å². The van der Waals surface area contributed by atoms with Crippen LogP contribution >= 0.6 is 11.3 Å². The molecule has 0 aliphatic carbocycles. The maximum atomic E-state index is 11.7. The molecule has 0 spiro atoms. The van der Waals surface area contributed by atoms with Crippen LogP contribution in [-0.2, 0) is 6.61 Å². The van der Waals surface area contributed by atoms with Gasteiger partial charge in [-0.2, -0.15) is 21.5 Å². The predicted octanol–water partition coefficient (Wildman–Crippen LogP) is 4.73. The molecular formula is C21H21N5O3SSi. The minimum Gasteiger partial charge on any atom is -0.496 e. The number of amidine groups is 1. The first-order valence-corrected chi connectivity index (χ1v) is 14.4. The van der Waals surface area contributed by atoms with Gasteiger partial charge in [-0.05, 0) is 17.5 Å². The minimum atomic E-state index is -1.62. The average Bonchev–Trinajstić information content (AvgIpc) is 3.51. The molecule has 158 valence electrons. The first-order valence-electron chi connectivity index (χ1n) is 9.84. The molecule has 10 heteroatoms. The van der Waals surface area contributed by atoms with Gasteiger partial charge >= 0.3 is 0 Å². The van der Waals surface area contributed by atoms with Crippen molar-refractivity contribution in [3.8, 4) is 28.4 Å². The molecule has 0 fully saturated rings. The number of aldehydes is 1. The van der Waals surface area contributed by atoms with E-state index >= 15 is 0 Å². The van der Waals surface area contributed by atoms with Crippen molar-refractivity contribution in [1.29, 1.82) is 0 Å². The Hall–Kier alpha value is -3.11. The van der Waals surface area contributed by atoms with Crippen molar-refractivity contribution >= 4 is 31.5 Å². The first kappa shape index (κ1) is 19.8. The molecule has 1 unspecified atom stereocenters. The number of ether oxygens (including phenoxy) is 2. The van der Waals surface area contributed by atoms with E-state index in [-0.39, 0.29) is 12.4 Å². The summed E-state index contributed by atoms with van der Waals surface area (Å²) in [5, 5.41) is 17.3. The smallest absolute Gasteiger partial charge is 0.182 e. The topological polar surface area (TPSA) is 90.4 Å². The summed E-state index contributed by atoms with van der Waals surface area (Å²) in [6.07, 6.45) is 0.772. The lowest BCUT2D eigenvalue weighted by atomic mass is 9.99. The zero-order valence-electron chi connectivity index (χ0n) is 17.6. The van der Waals surface area contributed by atoms with Crippen LogP contribution in [0.2, 0.25) is 19.6 Å². The number of thiophene rings is 1. The third-order valence-electron chi connectivity index (χ3n) is 5.33. The first-order chi connectivity index (χ1) is 14.9. The monoisotopic (exact) mass is 451 g/mol. The van der Waals surface area contributed by atoms with Crippen LogP contribution in [-0.4, -0.2) is 42.9 Å². The van der Waals surface area contributed by atoms with E-state index < -0.39 is 8.07 Å². The Morgan fingerprint density at radius 1 is 1.29 bits per heavy atom. The summed E-state index contributed by atoms with van der Waals surface area (Å²) in [7, 11) is -0.0115. The molecule has 1 atom stereocenters. The summed E-state index contributed by atoms with van der Waals surface area (Å²) < 4.78 is 13.4. The van der Waals surface area contributed by atoms with Crippen molar-refractivity contribution in [2.24, 2.45) is 15.2 Å². The lowest BCUT2D eigenvalue weighted by Gasteiger charge is -2.21. The molecule has 0 saturated carbocycles. The van der Waals surface area contributed by atoms with Gasteiger partial charge in [0.1, 0.15) is 37.7 Å². The van der Waals surface area contributed by atoms with Crippen molar-refractivity contribution in [2.75, 3.05) is 7.11 Å². The lowest BCUT2D eigenvalue weighted by Crippen LogP contribution is -2.34. The van der Waals surface area contributed by atoms with Gasteiger partial charge in [-0.25, -0.2) is 9.67 Å². The second kappa shape index (κ2) is 7.24. The van der Waals surface area contributed by atoms with E-state index in [1.807, 2.05) is 29.0 Å². The molecule has 0 bridgehead atoms.